The molecule has 3 aliphatic heterocycles. The fourth-order valence-electron chi connectivity index (χ4n) is 5.97. The van der Waals surface area contributed by atoms with E-state index in [1.54, 1.807) is 11.3 Å². The number of urea groups is 1. The average Bonchev–Trinajstić information content (AvgIpc) is 3.53. The summed E-state index contributed by atoms with van der Waals surface area (Å²) in [6.45, 7) is 7.50. The van der Waals surface area contributed by atoms with E-state index in [0.717, 1.165) is 88.5 Å². The molecule has 2 aromatic rings. The number of aryl methyl sites for hydroxylation is 1. The van der Waals surface area contributed by atoms with Crippen LogP contribution in [0.25, 0.3) is 0 Å². The van der Waals surface area contributed by atoms with Gasteiger partial charge in [0, 0.05) is 37.6 Å². The highest BCUT2D eigenvalue weighted by molar-refractivity contribution is 7.16. The molecule has 1 spiro atoms. The molecule has 36 heavy (non-hydrogen) atoms. The molecule has 1 aliphatic carbocycles. The van der Waals surface area contributed by atoms with Crippen LogP contribution in [0, 0.1) is 6.92 Å². The summed E-state index contributed by atoms with van der Waals surface area (Å²) >= 11 is 1.78. The molecule has 1 aromatic carbocycles. The van der Waals surface area contributed by atoms with Crippen LogP contribution < -0.4 is 10.6 Å². The number of amides is 3. The number of nitrogens with one attached hydrogen (secondary N) is 2. The third kappa shape index (κ3) is 4.28. The van der Waals surface area contributed by atoms with Crippen molar-refractivity contribution in [1.82, 2.24) is 20.0 Å². The first-order chi connectivity index (χ1) is 17.5. The van der Waals surface area contributed by atoms with Crippen LogP contribution in [0.15, 0.2) is 35.3 Å². The summed E-state index contributed by atoms with van der Waals surface area (Å²) in [5, 5.41) is 7.74. The van der Waals surface area contributed by atoms with Crippen LogP contribution in [0.4, 0.5) is 21.2 Å². The lowest BCUT2D eigenvalue weighted by atomic mass is 9.98. The van der Waals surface area contributed by atoms with Crippen molar-refractivity contribution in [2.24, 2.45) is 4.99 Å². The van der Waals surface area contributed by atoms with Crippen molar-refractivity contribution in [3.63, 3.8) is 0 Å². The molecular weight excluding hydrogens is 472 g/mol. The van der Waals surface area contributed by atoms with Gasteiger partial charge in [-0.05, 0) is 57.4 Å². The lowest BCUT2D eigenvalue weighted by Crippen LogP contribution is -2.49. The zero-order chi connectivity index (χ0) is 24.7. The number of aliphatic imine (C=N–C) groups is 1. The topological polar surface area (TPSA) is 80.3 Å². The number of thiophene rings is 1. The minimum absolute atomic E-state index is 0.00175. The van der Waals surface area contributed by atoms with E-state index in [9.17, 15) is 9.59 Å². The highest BCUT2D eigenvalue weighted by Gasteiger charge is 2.52. The first-order valence-electron chi connectivity index (χ1n) is 13.2. The fraction of sp³-hybridized carbons (Fsp3) is 0.519. The number of amidine groups is 1. The van der Waals surface area contributed by atoms with E-state index in [1.165, 1.54) is 20.3 Å². The number of anilines is 2. The van der Waals surface area contributed by atoms with Crippen molar-refractivity contribution in [2.45, 2.75) is 51.0 Å². The zero-order valence-electron chi connectivity index (χ0n) is 20.9. The number of hydrogen-bond acceptors (Lipinski definition) is 7. The van der Waals surface area contributed by atoms with Gasteiger partial charge < -0.3 is 15.5 Å². The molecule has 190 valence electrons. The predicted octanol–water partition coefficient (Wildman–Crippen LogP) is 4.45. The highest BCUT2D eigenvalue weighted by Crippen LogP contribution is 2.39. The molecule has 8 nitrogen and oxygen atoms in total. The van der Waals surface area contributed by atoms with E-state index in [-0.39, 0.29) is 11.9 Å². The summed E-state index contributed by atoms with van der Waals surface area (Å²) in [4.78, 5) is 38.0. The van der Waals surface area contributed by atoms with Gasteiger partial charge in [-0.3, -0.25) is 14.6 Å². The van der Waals surface area contributed by atoms with Crippen LogP contribution in [-0.4, -0.2) is 77.3 Å². The molecule has 1 saturated carbocycles. The Morgan fingerprint density at radius 2 is 1.78 bits per heavy atom. The molecule has 3 amide bonds. The molecule has 4 aliphatic rings. The maximum absolute atomic E-state index is 12.8. The van der Waals surface area contributed by atoms with Crippen LogP contribution >= 0.6 is 11.3 Å². The molecule has 2 N–H and O–H groups in total. The fourth-order valence-corrected chi connectivity index (χ4v) is 6.89. The van der Waals surface area contributed by atoms with E-state index in [4.69, 9.17) is 4.99 Å². The van der Waals surface area contributed by atoms with Gasteiger partial charge in [-0.15, -0.1) is 11.3 Å². The Hall–Kier alpha value is -2.91. The minimum atomic E-state index is -0.592. The van der Waals surface area contributed by atoms with E-state index in [2.05, 4.69) is 45.6 Å². The maximum atomic E-state index is 12.8. The van der Waals surface area contributed by atoms with E-state index in [1.807, 2.05) is 12.1 Å². The quantitative estimate of drug-likeness (QED) is 0.463. The summed E-state index contributed by atoms with van der Waals surface area (Å²) in [7, 11) is 0. The molecule has 0 atom stereocenters. The molecule has 6 rings (SSSR count). The highest BCUT2D eigenvalue weighted by atomic mass is 32.1. The lowest BCUT2D eigenvalue weighted by Gasteiger charge is -2.36. The normalized spacial score (nSPS) is 21.2. The minimum Gasteiger partial charge on any atom is -0.353 e. The number of para-hydroxylation sites is 2. The summed E-state index contributed by atoms with van der Waals surface area (Å²) in [6.07, 6.45) is 5.46. The Balaban J connectivity index is 1.03. The zero-order valence-corrected chi connectivity index (χ0v) is 21.7. The van der Waals surface area contributed by atoms with Gasteiger partial charge in [-0.1, -0.05) is 25.0 Å². The Bertz CT molecular complexity index is 1190. The number of carbonyl (C=O) groups excluding carboxylic acids is 2. The molecule has 0 bridgehead atoms. The van der Waals surface area contributed by atoms with Gasteiger partial charge in [-0.2, -0.15) is 0 Å². The molecule has 0 unspecified atom stereocenters. The van der Waals surface area contributed by atoms with Gasteiger partial charge in [0.05, 0.1) is 16.9 Å². The smallest absolute Gasteiger partial charge is 0.325 e. The van der Waals surface area contributed by atoms with Gasteiger partial charge in [0.15, 0.2) is 0 Å². The number of nitrogens with zero attached hydrogens (tertiary/aromatic N) is 4. The van der Waals surface area contributed by atoms with Crippen LogP contribution in [0.3, 0.4) is 0 Å². The second kappa shape index (κ2) is 9.52. The second-order valence-electron chi connectivity index (χ2n) is 10.4. The number of unbranched alkanes of at least 4 members (excludes halogenated alkanes) is 1. The van der Waals surface area contributed by atoms with Crippen molar-refractivity contribution in [3.8, 4) is 0 Å². The molecule has 0 radical (unpaired) electrons. The number of carbonyl (C=O) groups is 2. The van der Waals surface area contributed by atoms with Gasteiger partial charge in [0.1, 0.15) is 16.4 Å². The van der Waals surface area contributed by atoms with Crippen molar-refractivity contribution in [3.05, 3.63) is 40.8 Å². The summed E-state index contributed by atoms with van der Waals surface area (Å²) < 4.78 is 0. The number of benzene rings is 1. The van der Waals surface area contributed by atoms with Gasteiger partial charge >= 0.3 is 6.03 Å². The van der Waals surface area contributed by atoms with E-state index >= 15 is 0 Å². The van der Waals surface area contributed by atoms with Crippen LogP contribution in [0.1, 0.15) is 49.0 Å². The summed E-state index contributed by atoms with van der Waals surface area (Å²) in [5.41, 5.74) is 2.63. The number of piperazine rings is 1. The maximum Gasteiger partial charge on any atom is 0.325 e. The average molecular weight is 507 g/mol. The van der Waals surface area contributed by atoms with Crippen LogP contribution in [0.5, 0.6) is 0 Å². The van der Waals surface area contributed by atoms with Gasteiger partial charge in [-0.25, -0.2) is 9.79 Å². The monoisotopic (exact) mass is 506 g/mol. The van der Waals surface area contributed by atoms with Crippen molar-refractivity contribution in [2.75, 3.05) is 44.6 Å². The second-order valence-corrected chi connectivity index (χ2v) is 11.6. The third-order valence-corrected chi connectivity index (χ3v) is 8.92. The lowest BCUT2D eigenvalue weighted by molar-refractivity contribution is -0.131. The molecular formula is C27H34N6O2S. The number of rotatable bonds is 5. The standard InChI is InChI=1S/C27H34N6O2S/c1-19-18-20-23(28-21-8-2-3-9-22(21)29-24(20)36-19)32-16-14-31(15-17-32)12-6-7-13-33-25(34)27(30-26(33)35)10-4-5-11-27/h2-3,8-9,18,29H,4-7,10-17H2,1H3,(H,30,35). The first-order valence-corrected chi connectivity index (χ1v) is 14.0. The van der Waals surface area contributed by atoms with E-state index in [0.29, 0.717) is 6.54 Å². The Morgan fingerprint density at radius 1 is 1.03 bits per heavy atom. The number of fused-ring (bicyclic) bond motifs is 2. The Kier molecular flexibility index (Phi) is 6.21. The third-order valence-electron chi connectivity index (χ3n) is 7.96. The number of imide groups is 1. The van der Waals surface area contributed by atoms with Gasteiger partial charge in [0.2, 0.25) is 0 Å². The van der Waals surface area contributed by atoms with Crippen LogP contribution in [0.2, 0.25) is 0 Å². The summed E-state index contributed by atoms with van der Waals surface area (Å²) in [5.74, 6) is 1.06. The molecule has 2 saturated heterocycles. The molecule has 3 fully saturated rings. The first kappa shape index (κ1) is 23.5. The Labute approximate surface area is 216 Å². The molecule has 9 heteroatoms. The van der Waals surface area contributed by atoms with Crippen molar-refractivity contribution >= 4 is 45.5 Å². The predicted molar refractivity (Wildman–Crippen MR) is 144 cm³/mol. The number of hydrogen-bond donors (Lipinski definition) is 2. The van der Waals surface area contributed by atoms with Gasteiger partial charge in [0.25, 0.3) is 5.91 Å². The Morgan fingerprint density at radius 3 is 2.58 bits per heavy atom. The van der Waals surface area contributed by atoms with Crippen LogP contribution in [-0.2, 0) is 4.79 Å². The molecule has 1 aromatic heterocycles. The van der Waals surface area contributed by atoms with Crippen molar-refractivity contribution in [1.29, 1.82) is 0 Å². The van der Waals surface area contributed by atoms with E-state index < -0.39 is 5.54 Å². The summed E-state index contributed by atoms with van der Waals surface area (Å²) in [6, 6.07) is 10.3. The SMILES string of the molecule is Cc1cc2c(s1)Nc1ccccc1N=C2N1CCN(CCCCN2C(=O)NC3(CCCC3)C2=O)CC1. The largest absolute Gasteiger partial charge is 0.353 e. The molecule has 4 heterocycles. The van der Waals surface area contributed by atoms with Crippen molar-refractivity contribution < 1.29 is 9.59 Å².